The van der Waals surface area contributed by atoms with Crippen LogP contribution in [-0.4, -0.2) is 15.2 Å². The molecular weight excluding hydrogens is 348 g/mol. The fourth-order valence-electron chi connectivity index (χ4n) is 3.54. The second kappa shape index (κ2) is 7.50. The minimum absolute atomic E-state index is 0.317. The molecule has 1 aliphatic rings. The summed E-state index contributed by atoms with van der Waals surface area (Å²) >= 11 is 10.4. The molecule has 0 saturated heterocycles. The Morgan fingerprint density at radius 3 is 2.62 bits per heavy atom. The molecule has 120 valence electrons. The molecule has 0 amide bonds. The molecular formula is C17H28BrClN2. The van der Waals surface area contributed by atoms with E-state index in [4.69, 9.17) is 16.7 Å². The van der Waals surface area contributed by atoms with Gasteiger partial charge in [-0.2, -0.15) is 5.10 Å². The SMILES string of the molecule is CCc1nn(CC)c(CC2CC(C(C)C)CCC2Cl)c1Br. The monoisotopic (exact) mass is 374 g/mol. The Bertz CT molecular complexity index is 470. The van der Waals surface area contributed by atoms with Crippen molar-refractivity contribution < 1.29 is 0 Å². The first kappa shape index (κ1) is 17.3. The van der Waals surface area contributed by atoms with Gasteiger partial charge in [-0.15, -0.1) is 11.6 Å². The van der Waals surface area contributed by atoms with E-state index in [1.807, 2.05) is 0 Å². The first-order chi connectivity index (χ1) is 9.97. The van der Waals surface area contributed by atoms with E-state index in [0.717, 1.165) is 37.6 Å². The molecule has 2 rings (SSSR count). The molecule has 0 aliphatic heterocycles. The van der Waals surface area contributed by atoms with Crippen LogP contribution in [0.4, 0.5) is 0 Å². The quantitative estimate of drug-likeness (QED) is 0.626. The molecule has 0 spiro atoms. The van der Waals surface area contributed by atoms with Crippen molar-refractivity contribution in [3.05, 3.63) is 15.9 Å². The van der Waals surface area contributed by atoms with Crippen molar-refractivity contribution in [3.8, 4) is 0 Å². The van der Waals surface area contributed by atoms with Gasteiger partial charge in [-0.05, 0) is 72.7 Å². The molecule has 3 atom stereocenters. The predicted octanol–water partition coefficient (Wildman–Crippen LogP) is 5.45. The summed E-state index contributed by atoms with van der Waals surface area (Å²) in [6, 6.07) is 0. The van der Waals surface area contributed by atoms with Crippen LogP contribution >= 0.6 is 27.5 Å². The van der Waals surface area contributed by atoms with E-state index in [1.165, 1.54) is 28.7 Å². The average molecular weight is 376 g/mol. The van der Waals surface area contributed by atoms with E-state index in [2.05, 4.69) is 48.3 Å². The number of hydrogen-bond donors (Lipinski definition) is 0. The van der Waals surface area contributed by atoms with E-state index in [0.29, 0.717) is 11.3 Å². The molecule has 2 nitrogen and oxygen atoms in total. The summed E-state index contributed by atoms with van der Waals surface area (Å²) in [7, 11) is 0. The Labute approximate surface area is 142 Å². The number of halogens is 2. The Morgan fingerprint density at radius 2 is 2.05 bits per heavy atom. The summed E-state index contributed by atoms with van der Waals surface area (Å²) in [5, 5.41) is 5.03. The van der Waals surface area contributed by atoms with Crippen LogP contribution in [-0.2, 0) is 19.4 Å². The zero-order valence-corrected chi connectivity index (χ0v) is 16.0. The highest BCUT2D eigenvalue weighted by Gasteiger charge is 2.32. The number of aryl methyl sites for hydroxylation is 2. The van der Waals surface area contributed by atoms with Crippen LogP contribution in [0.2, 0.25) is 0 Å². The number of hydrogen-bond acceptors (Lipinski definition) is 1. The number of aromatic nitrogens is 2. The lowest BCUT2D eigenvalue weighted by molar-refractivity contribution is 0.216. The van der Waals surface area contributed by atoms with Gasteiger partial charge in [-0.25, -0.2) is 0 Å². The molecule has 1 aliphatic carbocycles. The zero-order chi connectivity index (χ0) is 15.6. The topological polar surface area (TPSA) is 17.8 Å². The second-order valence-corrected chi connectivity index (χ2v) is 8.03. The van der Waals surface area contributed by atoms with Gasteiger partial charge in [0.2, 0.25) is 0 Å². The first-order valence-corrected chi connectivity index (χ1v) is 9.58. The summed E-state index contributed by atoms with van der Waals surface area (Å²) in [4.78, 5) is 0. The van der Waals surface area contributed by atoms with E-state index >= 15 is 0 Å². The van der Waals surface area contributed by atoms with Crippen LogP contribution in [0.3, 0.4) is 0 Å². The van der Waals surface area contributed by atoms with Gasteiger partial charge in [0, 0.05) is 11.9 Å². The normalized spacial score (nSPS) is 26.5. The van der Waals surface area contributed by atoms with Gasteiger partial charge >= 0.3 is 0 Å². The molecule has 1 aromatic heterocycles. The van der Waals surface area contributed by atoms with E-state index < -0.39 is 0 Å². The van der Waals surface area contributed by atoms with E-state index in [9.17, 15) is 0 Å². The highest BCUT2D eigenvalue weighted by atomic mass is 79.9. The molecule has 1 saturated carbocycles. The summed E-state index contributed by atoms with van der Waals surface area (Å²) in [6.45, 7) is 9.95. The number of alkyl halides is 1. The van der Waals surface area contributed by atoms with Crippen LogP contribution < -0.4 is 0 Å². The maximum absolute atomic E-state index is 6.65. The Kier molecular flexibility index (Phi) is 6.19. The summed E-state index contributed by atoms with van der Waals surface area (Å²) in [6.07, 6.45) is 5.74. The maximum atomic E-state index is 6.65. The Morgan fingerprint density at radius 1 is 1.33 bits per heavy atom. The standard InChI is InChI=1S/C17H28BrClN2/c1-5-15-17(18)16(21(6-2)20-15)10-13-9-12(11(3)4)7-8-14(13)19/h11-14H,5-10H2,1-4H3. The lowest BCUT2D eigenvalue weighted by Crippen LogP contribution is -2.30. The predicted molar refractivity (Wildman–Crippen MR) is 94.0 cm³/mol. The summed E-state index contributed by atoms with van der Waals surface area (Å²) < 4.78 is 3.37. The Balaban J connectivity index is 2.18. The van der Waals surface area contributed by atoms with Gasteiger partial charge in [0.25, 0.3) is 0 Å². The van der Waals surface area contributed by atoms with Gasteiger partial charge < -0.3 is 0 Å². The lowest BCUT2D eigenvalue weighted by atomic mass is 9.74. The van der Waals surface area contributed by atoms with Crippen LogP contribution in [0.1, 0.15) is 58.3 Å². The molecule has 3 unspecified atom stereocenters. The minimum atomic E-state index is 0.317. The highest BCUT2D eigenvalue weighted by molar-refractivity contribution is 9.10. The molecule has 21 heavy (non-hydrogen) atoms. The molecule has 1 fully saturated rings. The van der Waals surface area contributed by atoms with Crippen molar-refractivity contribution >= 4 is 27.5 Å². The van der Waals surface area contributed by atoms with Gasteiger partial charge in [-0.3, -0.25) is 4.68 Å². The van der Waals surface area contributed by atoms with Crippen molar-refractivity contribution in [2.75, 3.05) is 0 Å². The number of rotatable bonds is 5. The van der Waals surface area contributed by atoms with E-state index in [-0.39, 0.29) is 0 Å². The van der Waals surface area contributed by atoms with Crippen molar-refractivity contribution in [3.63, 3.8) is 0 Å². The molecule has 0 aromatic carbocycles. The fourth-order valence-corrected chi connectivity index (χ4v) is 4.58. The zero-order valence-electron chi connectivity index (χ0n) is 13.7. The third kappa shape index (κ3) is 3.85. The molecule has 4 heteroatoms. The van der Waals surface area contributed by atoms with Crippen LogP contribution in [0.25, 0.3) is 0 Å². The van der Waals surface area contributed by atoms with Gasteiger partial charge in [0.05, 0.1) is 15.9 Å². The summed E-state index contributed by atoms with van der Waals surface area (Å²) in [5.74, 6) is 2.17. The number of nitrogens with zero attached hydrogens (tertiary/aromatic N) is 2. The van der Waals surface area contributed by atoms with Gasteiger partial charge in [-0.1, -0.05) is 20.8 Å². The van der Waals surface area contributed by atoms with Gasteiger partial charge in [0.15, 0.2) is 0 Å². The molecule has 0 bridgehead atoms. The molecule has 1 aromatic rings. The van der Waals surface area contributed by atoms with Crippen molar-refractivity contribution in [2.24, 2.45) is 17.8 Å². The average Bonchev–Trinajstić information content (AvgIpc) is 2.77. The maximum Gasteiger partial charge on any atom is 0.0766 e. The molecule has 0 N–H and O–H groups in total. The lowest BCUT2D eigenvalue weighted by Gasteiger charge is -2.35. The Hall–Kier alpha value is -0.0200. The highest BCUT2D eigenvalue weighted by Crippen LogP contribution is 2.39. The van der Waals surface area contributed by atoms with Crippen molar-refractivity contribution in [2.45, 2.75) is 71.7 Å². The van der Waals surface area contributed by atoms with Crippen LogP contribution in [0.5, 0.6) is 0 Å². The third-order valence-electron chi connectivity index (χ3n) is 5.02. The van der Waals surface area contributed by atoms with Crippen LogP contribution in [0.15, 0.2) is 4.47 Å². The van der Waals surface area contributed by atoms with Crippen molar-refractivity contribution in [1.82, 2.24) is 9.78 Å². The molecule has 0 radical (unpaired) electrons. The smallest absolute Gasteiger partial charge is 0.0766 e. The first-order valence-electron chi connectivity index (χ1n) is 8.35. The minimum Gasteiger partial charge on any atom is -0.268 e. The second-order valence-electron chi connectivity index (χ2n) is 6.67. The summed E-state index contributed by atoms with van der Waals surface area (Å²) in [5.41, 5.74) is 2.52. The largest absolute Gasteiger partial charge is 0.268 e. The van der Waals surface area contributed by atoms with Gasteiger partial charge in [0.1, 0.15) is 0 Å². The fraction of sp³-hybridized carbons (Fsp3) is 0.824. The third-order valence-corrected chi connectivity index (χ3v) is 6.51. The van der Waals surface area contributed by atoms with E-state index in [1.54, 1.807) is 0 Å². The van der Waals surface area contributed by atoms with Crippen molar-refractivity contribution in [1.29, 1.82) is 0 Å². The van der Waals surface area contributed by atoms with Crippen LogP contribution in [0, 0.1) is 17.8 Å². The molecule has 1 heterocycles.